The molecule has 1 fully saturated rings. The van der Waals surface area contributed by atoms with Crippen LogP contribution in [0.1, 0.15) is 30.0 Å². The molecular formula is C25H22ClFN4O4. The first-order chi connectivity index (χ1) is 16.6. The SMILES string of the molecule is Cc1ccc(-n2c(=O)n(C3CC3)c(=O)c3c(Oc4cccc(N)c4Cl)c(C)c(=O)n(C)c32)c(F)c1. The van der Waals surface area contributed by atoms with Crippen LogP contribution in [0, 0.1) is 19.7 Å². The Hall–Kier alpha value is -3.85. The molecule has 2 aromatic carbocycles. The number of aromatic nitrogens is 3. The summed E-state index contributed by atoms with van der Waals surface area (Å²) in [6, 6.07) is 8.83. The van der Waals surface area contributed by atoms with Gasteiger partial charge in [-0.2, -0.15) is 0 Å². The van der Waals surface area contributed by atoms with Gasteiger partial charge in [-0.3, -0.25) is 18.7 Å². The molecule has 1 aliphatic rings. The van der Waals surface area contributed by atoms with E-state index in [9.17, 15) is 14.4 Å². The zero-order chi connectivity index (χ0) is 25.2. The third kappa shape index (κ3) is 3.54. The molecular weight excluding hydrogens is 475 g/mol. The van der Waals surface area contributed by atoms with Gasteiger partial charge in [-0.1, -0.05) is 23.7 Å². The van der Waals surface area contributed by atoms with Crippen LogP contribution in [-0.4, -0.2) is 13.7 Å². The smallest absolute Gasteiger partial charge is 0.337 e. The molecule has 0 amide bonds. The highest BCUT2D eigenvalue weighted by atomic mass is 35.5. The van der Waals surface area contributed by atoms with Gasteiger partial charge < -0.3 is 10.5 Å². The predicted molar refractivity (Wildman–Crippen MR) is 133 cm³/mol. The number of hydrogen-bond acceptors (Lipinski definition) is 5. The van der Waals surface area contributed by atoms with Crippen molar-refractivity contribution < 1.29 is 9.13 Å². The van der Waals surface area contributed by atoms with Gasteiger partial charge in [-0.25, -0.2) is 13.8 Å². The summed E-state index contributed by atoms with van der Waals surface area (Å²) in [6.45, 7) is 3.24. The zero-order valence-corrected chi connectivity index (χ0v) is 20.0. The lowest BCUT2D eigenvalue weighted by Gasteiger charge is -2.20. The molecule has 0 aliphatic heterocycles. The van der Waals surface area contributed by atoms with Gasteiger partial charge >= 0.3 is 5.69 Å². The van der Waals surface area contributed by atoms with E-state index in [1.54, 1.807) is 31.2 Å². The van der Waals surface area contributed by atoms with Crippen LogP contribution in [0.2, 0.25) is 5.02 Å². The van der Waals surface area contributed by atoms with Crippen LogP contribution < -0.4 is 27.3 Å². The van der Waals surface area contributed by atoms with E-state index in [-0.39, 0.29) is 50.5 Å². The lowest BCUT2D eigenvalue weighted by Crippen LogP contribution is -2.42. The van der Waals surface area contributed by atoms with Gasteiger partial charge in [0.2, 0.25) is 0 Å². The summed E-state index contributed by atoms with van der Waals surface area (Å²) in [6.07, 6.45) is 1.28. The van der Waals surface area contributed by atoms with Crippen molar-refractivity contribution in [3.05, 3.63) is 89.6 Å². The molecule has 4 aromatic rings. The first-order valence-electron chi connectivity index (χ1n) is 11.0. The molecule has 2 aromatic heterocycles. The fourth-order valence-electron chi connectivity index (χ4n) is 4.27. The Morgan fingerprint density at radius 1 is 1.09 bits per heavy atom. The summed E-state index contributed by atoms with van der Waals surface area (Å²) in [7, 11) is 1.43. The monoisotopic (exact) mass is 496 g/mol. The Morgan fingerprint density at radius 3 is 2.46 bits per heavy atom. The van der Waals surface area contributed by atoms with Crippen molar-refractivity contribution in [3.63, 3.8) is 0 Å². The van der Waals surface area contributed by atoms with Crippen molar-refractivity contribution in [2.75, 3.05) is 5.73 Å². The largest absolute Gasteiger partial charge is 0.454 e. The minimum absolute atomic E-state index is 0.0328. The normalized spacial score (nSPS) is 13.4. The average Bonchev–Trinajstić information content (AvgIpc) is 3.64. The molecule has 180 valence electrons. The molecule has 35 heavy (non-hydrogen) atoms. The lowest BCUT2D eigenvalue weighted by molar-refractivity contribution is 0.480. The molecule has 0 spiro atoms. The van der Waals surface area contributed by atoms with Crippen LogP contribution in [0.4, 0.5) is 10.1 Å². The summed E-state index contributed by atoms with van der Waals surface area (Å²) < 4.78 is 24.5. The number of nitrogen functional groups attached to an aromatic ring is 1. The second-order valence-electron chi connectivity index (χ2n) is 8.76. The van der Waals surface area contributed by atoms with Crippen LogP contribution in [0.15, 0.2) is 50.8 Å². The van der Waals surface area contributed by atoms with E-state index in [1.165, 1.54) is 26.1 Å². The molecule has 0 atom stereocenters. The number of nitrogens with two attached hydrogens (primary N) is 1. The van der Waals surface area contributed by atoms with Crippen LogP contribution >= 0.6 is 11.6 Å². The third-order valence-corrected chi connectivity index (χ3v) is 6.64. The number of pyridine rings is 1. The third-order valence-electron chi connectivity index (χ3n) is 6.24. The van der Waals surface area contributed by atoms with E-state index in [2.05, 4.69) is 0 Å². The molecule has 2 heterocycles. The van der Waals surface area contributed by atoms with Gasteiger partial charge in [0, 0.05) is 13.1 Å². The molecule has 0 saturated heterocycles. The Kier molecular flexibility index (Phi) is 5.32. The highest BCUT2D eigenvalue weighted by molar-refractivity contribution is 6.34. The predicted octanol–water partition coefficient (Wildman–Crippen LogP) is 3.97. The molecule has 1 aliphatic carbocycles. The molecule has 10 heteroatoms. The minimum atomic E-state index is -0.723. The molecule has 8 nitrogen and oxygen atoms in total. The quantitative estimate of drug-likeness (QED) is 0.431. The summed E-state index contributed by atoms with van der Waals surface area (Å²) in [4.78, 5) is 40.6. The molecule has 5 rings (SSSR count). The van der Waals surface area contributed by atoms with E-state index in [0.717, 1.165) is 13.7 Å². The van der Waals surface area contributed by atoms with Gasteiger partial charge in [0.15, 0.2) is 5.75 Å². The number of aryl methyl sites for hydroxylation is 2. The first kappa shape index (κ1) is 22.9. The maximum absolute atomic E-state index is 15.2. The molecule has 1 saturated carbocycles. The maximum Gasteiger partial charge on any atom is 0.337 e. The molecule has 0 radical (unpaired) electrons. The van der Waals surface area contributed by atoms with Crippen molar-refractivity contribution in [2.45, 2.75) is 32.7 Å². The number of rotatable bonds is 4. The van der Waals surface area contributed by atoms with E-state index >= 15 is 4.39 Å². The van der Waals surface area contributed by atoms with Gasteiger partial charge in [0.25, 0.3) is 11.1 Å². The van der Waals surface area contributed by atoms with Crippen molar-refractivity contribution >= 4 is 28.3 Å². The van der Waals surface area contributed by atoms with E-state index in [0.29, 0.717) is 18.4 Å². The Morgan fingerprint density at radius 2 is 1.80 bits per heavy atom. The highest BCUT2D eigenvalue weighted by Gasteiger charge is 2.32. The number of hydrogen-bond donors (Lipinski definition) is 1. The summed E-state index contributed by atoms with van der Waals surface area (Å²) in [5.41, 5.74) is 4.93. The standard InChI is InChI=1S/C25H22ClFN4O4/c1-12-7-10-17(15(27)11-12)31-22-19(24(33)30(25(31)34)14-8-9-14)21(13(2)23(32)29(22)3)35-18-6-4-5-16(28)20(18)26/h4-7,10-11,14H,8-9,28H2,1-3H3. The molecule has 0 bridgehead atoms. The fraction of sp³-hybridized carbons (Fsp3) is 0.240. The van der Waals surface area contributed by atoms with Gasteiger partial charge in [-0.05, 0) is 56.5 Å². The first-order valence-corrected chi connectivity index (χ1v) is 11.4. The average molecular weight is 497 g/mol. The van der Waals surface area contributed by atoms with Crippen molar-refractivity contribution in [3.8, 4) is 17.2 Å². The van der Waals surface area contributed by atoms with Gasteiger partial charge in [0.1, 0.15) is 27.6 Å². The van der Waals surface area contributed by atoms with Crippen LogP contribution in [0.25, 0.3) is 16.7 Å². The van der Waals surface area contributed by atoms with Crippen LogP contribution in [-0.2, 0) is 7.05 Å². The van der Waals surface area contributed by atoms with Gasteiger partial charge in [0.05, 0.1) is 16.9 Å². The van der Waals surface area contributed by atoms with Crippen molar-refractivity contribution in [2.24, 2.45) is 7.05 Å². The number of ether oxygens (including phenoxy) is 1. The number of nitrogens with zero attached hydrogens (tertiary/aromatic N) is 3. The summed E-state index contributed by atoms with van der Waals surface area (Å²) in [5, 5.41) is 0.0794. The number of halogens is 2. The summed E-state index contributed by atoms with van der Waals surface area (Å²) >= 11 is 6.32. The van der Waals surface area contributed by atoms with Gasteiger partial charge in [-0.15, -0.1) is 0 Å². The summed E-state index contributed by atoms with van der Waals surface area (Å²) in [5.74, 6) is -0.582. The second kappa shape index (κ2) is 8.13. The molecule has 2 N–H and O–H groups in total. The highest BCUT2D eigenvalue weighted by Crippen LogP contribution is 2.38. The second-order valence-corrected chi connectivity index (χ2v) is 9.14. The Bertz CT molecular complexity index is 1720. The van der Waals surface area contributed by atoms with Crippen LogP contribution in [0.5, 0.6) is 11.5 Å². The van der Waals surface area contributed by atoms with Crippen LogP contribution in [0.3, 0.4) is 0 Å². The fourth-order valence-corrected chi connectivity index (χ4v) is 4.44. The van der Waals surface area contributed by atoms with Crippen molar-refractivity contribution in [1.29, 1.82) is 0 Å². The van der Waals surface area contributed by atoms with E-state index in [1.807, 2.05) is 0 Å². The van der Waals surface area contributed by atoms with Crippen molar-refractivity contribution in [1.82, 2.24) is 13.7 Å². The number of anilines is 1. The minimum Gasteiger partial charge on any atom is -0.454 e. The zero-order valence-electron chi connectivity index (χ0n) is 19.3. The lowest BCUT2D eigenvalue weighted by atomic mass is 10.1. The van der Waals surface area contributed by atoms with E-state index < -0.39 is 22.6 Å². The topological polar surface area (TPSA) is 101 Å². The Labute approximate surface area is 203 Å². The molecule has 0 unspecified atom stereocenters. The number of fused-ring (bicyclic) bond motifs is 1. The van der Waals surface area contributed by atoms with E-state index in [4.69, 9.17) is 22.1 Å². The Balaban J connectivity index is 1.97. The number of benzene rings is 2. The maximum atomic E-state index is 15.2.